The zero-order valence-corrected chi connectivity index (χ0v) is 13.0. The van der Waals surface area contributed by atoms with Crippen molar-refractivity contribution in [1.29, 1.82) is 0 Å². The van der Waals surface area contributed by atoms with E-state index < -0.39 is 11.6 Å². The molecule has 1 aromatic rings. The van der Waals surface area contributed by atoms with Crippen molar-refractivity contribution in [2.75, 3.05) is 5.75 Å². The monoisotopic (exact) mass is 304 g/mol. The molecule has 0 bridgehead atoms. The van der Waals surface area contributed by atoms with Gasteiger partial charge in [-0.15, -0.1) is 24.2 Å². The van der Waals surface area contributed by atoms with Crippen molar-refractivity contribution in [2.45, 2.75) is 37.3 Å². The van der Waals surface area contributed by atoms with Crippen LogP contribution < -0.4 is 11.2 Å². The van der Waals surface area contributed by atoms with Crippen LogP contribution in [-0.4, -0.2) is 23.3 Å². The number of nitrogens with one attached hydrogen (secondary N) is 1. The van der Waals surface area contributed by atoms with Crippen LogP contribution in [0.5, 0.6) is 0 Å². The van der Waals surface area contributed by atoms with Crippen molar-refractivity contribution in [3.05, 3.63) is 30.3 Å². The van der Waals surface area contributed by atoms with Crippen LogP contribution in [-0.2, 0) is 9.63 Å². The molecule has 108 valence electrons. The number of rotatable bonds is 5. The first kappa shape index (κ1) is 18.2. The summed E-state index contributed by atoms with van der Waals surface area (Å²) in [6.07, 6.45) is 0. The summed E-state index contributed by atoms with van der Waals surface area (Å²) in [6.45, 7) is 5.58. The number of nitrogens with two attached hydrogens (primary N) is 1. The molecule has 0 saturated carbocycles. The minimum atomic E-state index is -0.586. The number of carbonyl (C=O) groups is 1. The van der Waals surface area contributed by atoms with E-state index in [4.69, 9.17) is 10.6 Å². The highest BCUT2D eigenvalue weighted by Gasteiger charge is 2.17. The van der Waals surface area contributed by atoms with Gasteiger partial charge in [-0.3, -0.25) is 9.63 Å². The van der Waals surface area contributed by atoms with Crippen molar-refractivity contribution in [1.82, 2.24) is 5.48 Å². The summed E-state index contributed by atoms with van der Waals surface area (Å²) >= 11 is 1.55. The minimum absolute atomic E-state index is 0. The van der Waals surface area contributed by atoms with E-state index in [-0.39, 0.29) is 18.3 Å². The fraction of sp³-hybridized carbons (Fsp3) is 0.462. The average molecular weight is 305 g/mol. The Balaban J connectivity index is 0.00000324. The van der Waals surface area contributed by atoms with E-state index in [2.05, 4.69) is 5.48 Å². The highest BCUT2D eigenvalue weighted by Crippen LogP contribution is 2.17. The number of amides is 1. The van der Waals surface area contributed by atoms with Gasteiger partial charge in [0.25, 0.3) is 5.91 Å². The molecule has 0 heterocycles. The van der Waals surface area contributed by atoms with Gasteiger partial charge in [-0.1, -0.05) is 18.2 Å². The third-order valence-electron chi connectivity index (χ3n) is 1.97. The van der Waals surface area contributed by atoms with Gasteiger partial charge in [0.1, 0.15) is 0 Å². The third kappa shape index (κ3) is 8.10. The molecule has 1 unspecified atom stereocenters. The van der Waals surface area contributed by atoms with Gasteiger partial charge < -0.3 is 5.73 Å². The first-order valence-electron chi connectivity index (χ1n) is 5.80. The molecule has 19 heavy (non-hydrogen) atoms. The summed E-state index contributed by atoms with van der Waals surface area (Å²) in [7, 11) is 0. The largest absolute Gasteiger partial charge is 0.319 e. The van der Waals surface area contributed by atoms with Gasteiger partial charge in [0.2, 0.25) is 0 Å². The minimum Gasteiger partial charge on any atom is -0.319 e. The molecule has 1 amide bonds. The fourth-order valence-corrected chi connectivity index (χ4v) is 1.93. The predicted octanol–water partition coefficient (Wildman–Crippen LogP) is 2.37. The quantitative estimate of drug-likeness (QED) is 0.647. The summed E-state index contributed by atoms with van der Waals surface area (Å²) in [5, 5.41) is 0. The van der Waals surface area contributed by atoms with Gasteiger partial charge in [0.05, 0.1) is 11.6 Å². The lowest BCUT2D eigenvalue weighted by Crippen LogP contribution is -2.45. The Morgan fingerprint density at radius 1 is 1.37 bits per heavy atom. The van der Waals surface area contributed by atoms with Crippen LogP contribution in [0.2, 0.25) is 0 Å². The Labute approximate surface area is 124 Å². The Bertz CT molecular complexity index is 382. The molecule has 4 nitrogen and oxygen atoms in total. The maximum atomic E-state index is 11.6. The van der Waals surface area contributed by atoms with Crippen LogP contribution in [0.1, 0.15) is 20.8 Å². The summed E-state index contributed by atoms with van der Waals surface area (Å²) in [6, 6.07) is 9.25. The second-order valence-corrected chi connectivity index (χ2v) is 6.00. The standard InChI is InChI=1S/C13H20N2O2S.ClH/c1-13(2,3)17-15-12(16)11(14)9-18-10-7-5-4-6-8-10;/h4-8,11H,9,14H2,1-3H3,(H,15,16);1H. The van der Waals surface area contributed by atoms with Gasteiger partial charge >= 0.3 is 0 Å². The zero-order valence-electron chi connectivity index (χ0n) is 11.4. The Morgan fingerprint density at radius 2 is 1.95 bits per heavy atom. The number of hydrogen-bond acceptors (Lipinski definition) is 4. The van der Waals surface area contributed by atoms with Crippen molar-refractivity contribution < 1.29 is 9.63 Å². The number of carbonyl (C=O) groups excluding carboxylic acids is 1. The zero-order chi connectivity index (χ0) is 13.6. The second kappa shape index (κ2) is 8.43. The first-order chi connectivity index (χ1) is 8.38. The van der Waals surface area contributed by atoms with Crippen molar-refractivity contribution in [3.8, 4) is 0 Å². The molecule has 3 N–H and O–H groups in total. The lowest BCUT2D eigenvalue weighted by molar-refractivity contribution is -0.146. The van der Waals surface area contributed by atoms with E-state index in [1.165, 1.54) is 0 Å². The van der Waals surface area contributed by atoms with Gasteiger partial charge in [-0.2, -0.15) is 0 Å². The lowest BCUT2D eigenvalue weighted by atomic mass is 10.2. The molecule has 6 heteroatoms. The van der Waals surface area contributed by atoms with Gasteiger partial charge in [-0.25, -0.2) is 5.48 Å². The third-order valence-corrected chi connectivity index (χ3v) is 3.10. The van der Waals surface area contributed by atoms with Crippen LogP contribution in [0, 0.1) is 0 Å². The van der Waals surface area contributed by atoms with E-state index in [0.29, 0.717) is 5.75 Å². The van der Waals surface area contributed by atoms with Crippen LogP contribution in [0.3, 0.4) is 0 Å². The molecule has 0 spiro atoms. The molecule has 0 aliphatic carbocycles. The molecular formula is C13H21ClN2O2S. The molecule has 0 fully saturated rings. The van der Waals surface area contributed by atoms with E-state index in [1.807, 2.05) is 51.1 Å². The Morgan fingerprint density at radius 3 is 2.47 bits per heavy atom. The maximum absolute atomic E-state index is 11.6. The van der Waals surface area contributed by atoms with E-state index in [9.17, 15) is 4.79 Å². The van der Waals surface area contributed by atoms with Crippen molar-refractivity contribution >= 4 is 30.1 Å². The Kier molecular flexibility index (Phi) is 8.09. The second-order valence-electron chi connectivity index (χ2n) is 4.91. The predicted molar refractivity (Wildman–Crippen MR) is 81.4 cm³/mol. The fourth-order valence-electron chi connectivity index (χ4n) is 1.06. The number of halogens is 1. The summed E-state index contributed by atoms with van der Waals surface area (Å²) in [4.78, 5) is 17.9. The topological polar surface area (TPSA) is 64.3 Å². The molecular weight excluding hydrogens is 284 g/mol. The van der Waals surface area contributed by atoms with Crippen LogP contribution in [0.25, 0.3) is 0 Å². The molecule has 0 aliphatic heterocycles. The smallest absolute Gasteiger partial charge is 0.261 e. The molecule has 1 rings (SSSR count). The SMILES string of the molecule is CC(C)(C)ONC(=O)C(N)CSc1ccccc1.Cl. The molecule has 0 aliphatic rings. The summed E-state index contributed by atoms with van der Waals surface area (Å²) in [5.41, 5.74) is 7.75. The van der Waals surface area contributed by atoms with Gasteiger partial charge in [-0.05, 0) is 32.9 Å². The summed E-state index contributed by atoms with van der Waals surface area (Å²) in [5.74, 6) is 0.219. The van der Waals surface area contributed by atoms with Crippen LogP contribution in [0.15, 0.2) is 35.2 Å². The molecule has 0 saturated heterocycles. The average Bonchev–Trinajstić information content (AvgIpc) is 2.33. The highest BCUT2D eigenvalue weighted by molar-refractivity contribution is 7.99. The lowest BCUT2D eigenvalue weighted by Gasteiger charge is -2.20. The van der Waals surface area contributed by atoms with Crippen molar-refractivity contribution in [2.24, 2.45) is 5.73 Å². The molecule has 1 aromatic carbocycles. The highest BCUT2D eigenvalue weighted by atomic mass is 35.5. The normalized spacial score (nSPS) is 12.4. The van der Waals surface area contributed by atoms with E-state index >= 15 is 0 Å². The molecule has 0 radical (unpaired) electrons. The maximum Gasteiger partial charge on any atom is 0.261 e. The number of benzene rings is 1. The molecule has 0 aromatic heterocycles. The molecule has 1 atom stereocenters. The van der Waals surface area contributed by atoms with Crippen LogP contribution >= 0.6 is 24.2 Å². The summed E-state index contributed by atoms with van der Waals surface area (Å²) < 4.78 is 0. The Hall–Kier alpha value is -0.750. The number of hydrogen-bond donors (Lipinski definition) is 2. The van der Waals surface area contributed by atoms with E-state index in [1.54, 1.807) is 11.8 Å². The van der Waals surface area contributed by atoms with Gasteiger partial charge in [0, 0.05) is 10.6 Å². The first-order valence-corrected chi connectivity index (χ1v) is 6.78. The number of hydroxylamine groups is 1. The van der Waals surface area contributed by atoms with Gasteiger partial charge in [0.15, 0.2) is 0 Å². The number of thioether (sulfide) groups is 1. The van der Waals surface area contributed by atoms with Crippen molar-refractivity contribution in [3.63, 3.8) is 0 Å². The van der Waals surface area contributed by atoms with Crippen LogP contribution in [0.4, 0.5) is 0 Å². The van der Waals surface area contributed by atoms with E-state index in [0.717, 1.165) is 4.90 Å².